The van der Waals surface area contributed by atoms with E-state index in [1.54, 1.807) is 13.0 Å². The largest absolute Gasteiger partial charge is 0.378 e. The molecule has 1 heterocycles. The molecule has 8 nitrogen and oxygen atoms in total. The van der Waals surface area contributed by atoms with E-state index < -0.39 is 14.9 Å². The Morgan fingerprint density at radius 3 is 2.56 bits per heavy atom. The van der Waals surface area contributed by atoms with Gasteiger partial charge in [0.15, 0.2) is 0 Å². The third-order valence-corrected chi connectivity index (χ3v) is 6.02. The van der Waals surface area contributed by atoms with Crippen molar-refractivity contribution < 1.29 is 13.3 Å². The van der Waals surface area contributed by atoms with Crippen LogP contribution in [0.25, 0.3) is 0 Å². The van der Waals surface area contributed by atoms with E-state index in [0.717, 1.165) is 4.88 Å². The van der Waals surface area contributed by atoms with E-state index in [-0.39, 0.29) is 34.9 Å². The van der Waals surface area contributed by atoms with Gasteiger partial charge in [0.25, 0.3) is 5.69 Å². The highest BCUT2D eigenvalue weighted by Crippen LogP contribution is 2.26. The highest BCUT2D eigenvalue weighted by atomic mass is 32.2. The van der Waals surface area contributed by atoms with Gasteiger partial charge in [-0.15, -0.1) is 11.3 Å². The zero-order valence-electron chi connectivity index (χ0n) is 13.6. The lowest BCUT2D eigenvalue weighted by Gasteiger charge is -2.09. The number of rotatable bonds is 7. The van der Waals surface area contributed by atoms with E-state index >= 15 is 0 Å². The van der Waals surface area contributed by atoms with Crippen molar-refractivity contribution in [3.05, 3.63) is 49.7 Å². The van der Waals surface area contributed by atoms with Gasteiger partial charge >= 0.3 is 0 Å². The lowest BCUT2D eigenvalue weighted by Crippen LogP contribution is -2.29. The zero-order chi connectivity index (χ0) is 18.6. The molecule has 0 unspecified atom stereocenters. The van der Waals surface area contributed by atoms with Gasteiger partial charge in [0.1, 0.15) is 5.69 Å². The number of nitriles is 1. The average molecular weight is 380 g/mol. The summed E-state index contributed by atoms with van der Waals surface area (Å²) >= 11 is 1.40. The Kier molecular flexibility index (Phi) is 5.73. The molecule has 0 atom stereocenters. The molecule has 132 valence electrons. The molecule has 0 aliphatic heterocycles. The summed E-state index contributed by atoms with van der Waals surface area (Å²) in [6.45, 7) is 3.80. The molecule has 0 saturated heterocycles. The number of anilines is 1. The van der Waals surface area contributed by atoms with Crippen molar-refractivity contribution in [3.63, 3.8) is 0 Å². The Morgan fingerprint density at radius 1 is 1.28 bits per heavy atom. The number of hydrogen-bond acceptors (Lipinski definition) is 7. The van der Waals surface area contributed by atoms with Crippen molar-refractivity contribution in [2.75, 3.05) is 18.4 Å². The number of benzene rings is 1. The maximum absolute atomic E-state index is 12.3. The molecule has 0 spiro atoms. The van der Waals surface area contributed by atoms with Gasteiger partial charge in [-0.25, -0.2) is 13.1 Å². The van der Waals surface area contributed by atoms with Gasteiger partial charge in [-0.1, -0.05) is 0 Å². The molecule has 0 saturated carbocycles. The van der Waals surface area contributed by atoms with Crippen LogP contribution in [-0.4, -0.2) is 26.4 Å². The molecule has 0 aliphatic carbocycles. The van der Waals surface area contributed by atoms with Crippen LogP contribution in [0.5, 0.6) is 0 Å². The second kappa shape index (κ2) is 7.60. The van der Waals surface area contributed by atoms with E-state index in [0.29, 0.717) is 4.88 Å². The van der Waals surface area contributed by atoms with Gasteiger partial charge < -0.3 is 5.32 Å². The standard InChI is InChI=1S/C15H16N4O4S2/c1-10-7-15(11(2)24-10)25(22,23)18-6-5-17-13-4-3-12(9-16)8-14(13)19(20)21/h3-4,7-8,17-18H,5-6H2,1-2H3. The van der Waals surface area contributed by atoms with Crippen LogP contribution in [0, 0.1) is 35.3 Å². The summed E-state index contributed by atoms with van der Waals surface area (Å²) in [5, 5.41) is 22.7. The highest BCUT2D eigenvalue weighted by Gasteiger charge is 2.19. The normalized spacial score (nSPS) is 11.1. The number of nitrogens with zero attached hydrogens (tertiary/aromatic N) is 2. The van der Waals surface area contributed by atoms with Crippen LogP contribution in [0.4, 0.5) is 11.4 Å². The average Bonchev–Trinajstić information content (AvgIpc) is 2.91. The minimum Gasteiger partial charge on any atom is -0.378 e. The highest BCUT2D eigenvalue weighted by molar-refractivity contribution is 7.89. The molecule has 2 N–H and O–H groups in total. The Labute approximate surface area is 149 Å². The van der Waals surface area contributed by atoms with Crippen molar-refractivity contribution in [1.29, 1.82) is 5.26 Å². The van der Waals surface area contributed by atoms with Crippen molar-refractivity contribution in [3.8, 4) is 6.07 Å². The van der Waals surface area contributed by atoms with Crippen LogP contribution in [-0.2, 0) is 10.0 Å². The van der Waals surface area contributed by atoms with E-state index in [1.807, 2.05) is 13.0 Å². The first-order chi connectivity index (χ1) is 11.7. The molecule has 2 rings (SSSR count). The molecular formula is C15H16N4O4S2. The SMILES string of the molecule is Cc1cc(S(=O)(=O)NCCNc2ccc(C#N)cc2[N+](=O)[O-])c(C)s1. The first kappa shape index (κ1) is 18.9. The van der Waals surface area contributed by atoms with E-state index in [4.69, 9.17) is 5.26 Å². The fourth-order valence-electron chi connectivity index (χ4n) is 2.24. The van der Waals surface area contributed by atoms with Crippen LogP contribution in [0.1, 0.15) is 15.3 Å². The monoisotopic (exact) mass is 380 g/mol. The van der Waals surface area contributed by atoms with Gasteiger partial charge in [-0.2, -0.15) is 5.26 Å². The fourth-order valence-corrected chi connectivity index (χ4v) is 4.82. The molecule has 25 heavy (non-hydrogen) atoms. The molecule has 0 amide bonds. The van der Waals surface area contributed by atoms with Gasteiger partial charge in [0.05, 0.1) is 21.5 Å². The van der Waals surface area contributed by atoms with Crippen LogP contribution < -0.4 is 10.0 Å². The van der Waals surface area contributed by atoms with Gasteiger partial charge in [-0.3, -0.25) is 10.1 Å². The number of sulfonamides is 1. The summed E-state index contributed by atoms with van der Waals surface area (Å²) in [6.07, 6.45) is 0. The number of nitro benzene ring substituents is 1. The predicted octanol–water partition coefficient (Wildman–Crippen LogP) is 2.54. The Hall–Kier alpha value is -2.48. The molecule has 2 aromatic rings. The quantitative estimate of drug-likeness (QED) is 0.432. The zero-order valence-corrected chi connectivity index (χ0v) is 15.2. The molecular weight excluding hydrogens is 364 g/mol. The van der Waals surface area contributed by atoms with Crippen LogP contribution in [0.2, 0.25) is 0 Å². The summed E-state index contributed by atoms with van der Waals surface area (Å²) in [7, 11) is -3.62. The van der Waals surface area contributed by atoms with Crippen molar-refractivity contribution in [2.24, 2.45) is 0 Å². The van der Waals surface area contributed by atoms with Crippen molar-refractivity contribution in [1.82, 2.24) is 4.72 Å². The van der Waals surface area contributed by atoms with Crippen LogP contribution in [0.3, 0.4) is 0 Å². The summed E-state index contributed by atoms with van der Waals surface area (Å²) in [5.74, 6) is 0. The maximum atomic E-state index is 12.3. The van der Waals surface area contributed by atoms with Gasteiger partial charge in [-0.05, 0) is 32.0 Å². The first-order valence-corrected chi connectivity index (χ1v) is 9.53. The molecule has 0 fully saturated rings. The van der Waals surface area contributed by atoms with Gasteiger partial charge in [0.2, 0.25) is 10.0 Å². The van der Waals surface area contributed by atoms with Crippen LogP contribution in [0.15, 0.2) is 29.2 Å². The summed E-state index contributed by atoms with van der Waals surface area (Å²) in [5.41, 5.74) is 0.179. The van der Waals surface area contributed by atoms with E-state index in [1.165, 1.54) is 29.5 Å². The molecule has 10 heteroatoms. The summed E-state index contributed by atoms with van der Waals surface area (Å²) in [6, 6.07) is 7.51. The predicted molar refractivity (Wildman–Crippen MR) is 95.3 cm³/mol. The lowest BCUT2D eigenvalue weighted by atomic mass is 10.2. The summed E-state index contributed by atoms with van der Waals surface area (Å²) < 4.78 is 27.0. The Balaban J connectivity index is 2.01. The molecule has 1 aromatic carbocycles. The summed E-state index contributed by atoms with van der Waals surface area (Å²) in [4.78, 5) is 12.3. The smallest absolute Gasteiger partial charge is 0.293 e. The van der Waals surface area contributed by atoms with Crippen molar-refractivity contribution >= 4 is 32.7 Å². The fraction of sp³-hybridized carbons (Fsp3) is 0.267. The second-order valence-electron chi connectivity index (χ2n) is 5.20. The number of aryl methyl sites for hydroxylation is 2. The molecule has 0 bridgehead atoms. The van der Waals surface area contributed by atoms with Gasteiger partial charge in [0, 0.05) is 28.9 Å². The number of nitrogens with one attached hydrogen (secondary N) is 2. The first-order valence-electron chi connectivity index (χ1n) is 7.23. The third-order valence-electron chi connectivity index (χ3n) is 3.34. The number of nitro groups is 1. The third kappa shape index (κ3) is 4.54. The van der Waals surface area contributed by atoms with Crippen LogP contribution >= 0.6 is 11.3 Å². The van der Waals surface area contributed by atoms with E-state index in [2.05, 4.69) is 10.0 Å². The Bertz CT molecular complexity index is 945. The number of thiophene rings is 1. The lowest BCUT2D eigenvalue weighted by molar-refractivity contribution is -0.384. The minimum absolute atomic E-state index is 0.0633. The second-order valence-corrected chi connectivity index (χ2v) is 8.40. The topological polar surface area (TPSA) is 125 Å². The van der Waals surface area contributed by atoms with Crippen molar-refractivity contribution in [2.45, 2.75) is 18.7 Å². The Morgan fingerprint density at radius 2 is 2.00 bits per heavy atom. The maximum Gasteiger partial charge on any atom is 0.293 e. The molecule has 0 radical (unpaired) electrons. The molecule has 0 aliphatic rings. The number of hydrogen-bond donors (Lipinski definition) is 2. The molecule has 1 aromatic heterocycles. The minimum atomic E-state index is -3.62. The van der Waals surface area contributed by atoms with E-state index in [9.17, 15) is 18.5 Å².